The second kappa shape index (κ2) is 6.87. The maximum atomic E-state index is 13.4. The third-order valence-electron chi connectivity index (χ3n) is 4.00. The van der Waals surface area contributed by atoms with Crippen LogP contribution in [0.15, 0.2) is 23.1 Å². The van der Waals surface area contributed by atoms with E-state index in [9.17, 15) is 39.2 Å². The molecular formula is C14H15F7N2O2S. The molecule has 1 aromatic carbocycles. The Bertz CT molecular complexity index is 762. The number of nitrogens with zero attached hydrogens (tertiary/aromatic N) is 2. The van der Waals surface area contributed by atoms with Gasteiger partial charge in [0.1, 0.15) is 10.7 Å². The average molecular weight is 408 g/mol. The van der Waals surface area contributed by atoms with Crippen LogP contribution < -0.4 is 4.90 Å². The quantitative estimate of drug-likeness (QED) is 0.721. The Kier molecular flexibility index (Phi) is 5.48. The van der Waals surface area contributed by atoms with Gasteiger partial charge in [0.15, 0.2) is 0 Å². The van der Waals surface area contributed by atoms with Crippen LogP contribution in [0.25, 0.3) is 0 Å². The number of hydrogen-bond acceptors (Lipinski definition) is 4. The van der Waals surface area contributed by atoms with Gasteiger partial charge >= 0.3 is 11.7 Å². The van der Waals surface area contributed by atoms with Gasteiger partial charge in [0.2, 0.25) is 0 Å². The molecule has 0 N–H and O–H groups in total. The minimum atomic E-state index is -5.81. The van der Waals surface area contributed by atoms with Crippen LogP contribution in [0.1, 0.15) is 6.92 Å². The Labute approximate surface area is 145 Å². The van der Waals surface area contributed by atoms with Crippen LogP contribution >= 0.6 is 0 Å². The van der Waals surface area contributed by atoms with Crippen LogP contribution in [0.2, 0.25) is 0 Å². The summed E-state index contributed by atoms with van der Waals surface area (Å²) < 4.78 is 113. The highest BCUT2D eigenvalue weighted by Gasteiger charge is 2.49. The highest BCUT2D eigenvalue weighted by molar-refractivity contribution is 7.92. The zero-order valence-electron chi connectivity index (χ0n) is 13.4. The zero-order valence-corrected chi connectivity index (χ0v) is 14.2. The Morgan fingerprint density at radius 2 is 1.73 bits per heavy atom. The van der Waals surface area contributed by atoms with Crippen molar-refractivity contribution >= 4 is 15.5 Å². The van der Waals surface area contributed by atoms with Crippen LogP contribution in [0, 0.1) is 5.82 Å². The second-order valence-corrected chi connectivity index (χ2v) is 7.85. The van der Waals surface area contributed by atoms with Crippen molar-refractivity contribution in [2.24, 2.45) is 0 Å². The Morgan fingerprint density at radius 3 is 2.23 bits per heavy atom. The highest BCUT2D eigenvalue weighted by Crippen LogP contribution is 2.37. The minimum absolute atomic E-state index is 0.133. The van der Waals surface area contributed by atoms with Crippen molar-refractivity contribution in [2.75, 3.05) is 31.1 Å². The fourth-order valence-corrected chi connectivity index (χ4v) is 3.76. The lowest BCUT2D eigenvalue weighted by Crippen LogP contribution is -2.54. The number of alkyl halides is 6. The van der Waals surface area contributed by atoms with E-state index in [0.717, 1.165) is 17.0 Å². The Hall–Kier alpha value is -1.56. The van der Waals surface area contributed by atoms with Gasteiger partial charge in [-0.1, -0.05) is 0 Å². The molecule has 2 rings (SSSR count). The Morgan fingerprint density at radius 1 is 1.12 bits per heavy atom. The number of hydrogen-bond donors (Lipinski definition) is 0. The summed E-state index contributed by atoms with van der Waals surface area (Å²) in [6.07, 6.45) is -4.43. The monoisotopic (exact) mass is 408 g/mol. The third kappa shape index (κ3) is 4.40. The normalized spacial score (nSPS) is 20.5. The zero-order chi connectivity index (χ0) is 19.9. The molecule has 1 saturated heterocycles. The lowest BCUT2D eigenvalue weighted by molar-refractivity contribution is -0.150. The van der Waals surface area contributed by atoms with Gasteiger partial charge in [-0.2, -0.15) is 26.3 Å². The average Bonchev–Trinajstić information content (AvgIpc) is 2.47. The van der Waals surface area contributed by atoms with Gasteiger partial charge in [-0.25, -0.2) is 12.8 Å². The number of anilines is 1. The lowest BCUT2D eigenvalue weighted by atomic mass is 10.1. The van der Waals surface area contributed by atoms with E-state index in [1.165, 1.54) is 11.8 Å². The molecule has 0 aliphatic carbocycles. The summed E-state index contributed by atoms with van der Waals surface area (Å²) in [6, 6.07) is 1.26. The van der Waals surface area contributed by atoms with Crippen molar-refractivity contribution < 1.29 is 39.2 Å². The first-order valence-electron chi connectivity index (χ1n) is 7.39. The molecule has 26 heavy (non-hydrogen) atoms. The summed E-state index contributed by atoms with van der Waals surface area (Å²) in [4.78, 5) is 1.06. The van der Waals surface area contributed by atoms with Gasteiger partial charge in [0.25, 0.3) is 9.84 Å². The number of sulfone groups is 1. The first-order chi connectivity index (χ1) is 11.7. The molecule has 1 aromatic rings. The van der Waals surface area contributed by atoms with Crippen molar-refractivity contribution in [3.63, 3.8) is 0 Å². The van der Waals surface area contributed by atoms with Crippen molar-refractivity contribution in [2.45, 2.75) is 29.5 Å². The van der Waals surface area contributed by atoms with Crippen molar-refractivity contribution in [1.29, 1.82) is 0 Å². The topological polar surface area (TPSA) is 40.6 Å². The number of rotatable bonds is 3. The van der Waals surface area contributed by atoms with E-state index in [-0.39, 0.29) is 31.4 Å². The predicted molar refractivity (Wildman–Crippen MR) is 78.9 cm³/mol. The molecule has 0 bridgehead atoms. The van der Waals surface area contributed by atoms with E-state index >= 15 is 0 Å². The molecule has 0 amide bonds. The van der Waals surface area contributed by atoms with Gasteiger partial charge in [0.05, 0.1) is 12.2 Å². The van der Waals surface area contributed by atoms with E-state index in [1.54, 1.807) is 0 Å². The minimum Gasteiger partial charge on any atom is -0.368 e. The highest BCUT2D eigenvalue weighted by atomic mass is 32.2. The molecule has 0 radical (unpaired) electrons. The molecule has 4 nitrogen and oxygen atoms in total. The molecule has 0 saturated carbocycles. The van der Waals surface area contributed by atoms with Crippen molar-refractivity contribution in [1.82, 2.24) is 4.90 Å². The number of piperazine rings is 1. The van der Waals surface area contributed by atoms with Crippen LogP contribution in [0.3, 0.4) is 0 Å². The van der Waals surface area contributed by atoms with Gasteiger partial charge in [0, 0.05) is 25.7 Å². The number of benzene rings is 1. The standard InChI is InChI=1S/C14H15F7N2O2S/c1-9-7-22(4-5-23(9)8-13(16,17)18)11-3-2-10(15)6-12(11)26(24,25)14(19,20)21/h2-3,6,9H,4-5,7-8H2,1H3. The molecule has 1 unspecified atom stereocenters. The summed E-state index contributed by atoms with van der Waals surface area (Å²) in [5.41, 5.74) is -6.01. The molecule has 12 heteroatoms. The Balaban J connectivity index is 2.34. The fraction of sp³-hybridized carbons (Fsp3) is 0.571. The first-order valence-corrected chi connectivity index (χ1v) is 8.87. The second-order valence-electron chi connectivity index (χ2n) is 5.94. The maximum absolute atomic E-state index is 13.4. The molecule has 0 spiro atoms. The van der Waals surface area contributed by atoms with Crippen LogP contribution in [0.4, 0.5) is 36.4 Å². The van der Waals surface area contributed by atoms with E-state index in [0.29, 0.717) is 0 Å². The molecule has 1 fully saturated rings. The molecule has 1 aliphatic heterocycles. The number of halogens is 7. The maximum Gasteiger partial charge on any atom is 0.501 e. The van der Waals surface area contributed by atoms with Gasteiger partial charge in [-0.15, -0.1) is 0 Å². The molecule has 1 atom stereocenters. The van der Waals surface area contributed by atoms with Crippen LogP contribution in [-0.2, 0) is 9.84 Å². The van der Waals surface area contributed by atoms with E-state index in [1.807, 2.05) is 0 Å². The van der Waals surface area contributed by atoms with Gasteiger partial charge < -0.3 is 4.90 Å². The van der Waals surface area contributed by atoms with Crippen molar-refractivity contribution in [3.05, 3.63) is 24.0 Å². The van der Waals surface area contributed by atoms with Gasteiger partial charge in [-0.05, 0) is 25.1 Å². The summed E-state index contributed by atoms with van der Waals surface area (Å²) in [7, 11) is -5.81. The molecular weight excluding hydrogens is 393 g/mol. The van der Waals surface area contributed by atoms with Gasteiger partial charge in [-0.3, -0.25) is 4.90 Å². The summed E-state index contributed by atoms with van der Waals surface area (Å²) in [5.74, 6) is -1.17. The summed E-state index contributed by atoms with van der Waals surface area (Å²) >= 11 is 0. The molecule has 148 valence electrons. The molecule has 1 aliphatic rings. The third-order valence-corrected chi connectivity index (χ3v) is 5.52. The van der Waals surface area contributed by atoms with E-state index in [2.05, 4.69) is 0 Å². The fourth-order valence-electron chi connectivity index (χ4n) is 2.77. The van der Waals surface area contributed by atoms with Crippen molar-refractivity contribution in [3.8, 4) is 0 Å². The summed E-state index contributed by atoms with van der Waals surface area (Å²) in [6.45, 7) is -0.142. The molecule has 1 heterocycles. The smallest absolute Gasteiger partial charge is 0.368 e. The van der Waals surface area contributed by atoms with Crippen LogP contribution in [-0.4, -0.2) is 57.2 Å². The van der Waals surface area contributed by atoms with E-state index in [4.69, 9.17) is 0 Å². The largest absolute Gasteiger partial charge is 0.501 e. The lowest BCUT2D eigenvalue weighted by Gasteiger charge is -2.41. The molecule has 0 aromatic heterocycles. The van der Waals surface area contributed by atoms with E-state index < -0.39 is 44.8 Å². The SMILES string of the molecule is CC1CN(c2ccc(F)cc2S(=O)(=O)C(F)(F)F)CCN1CC(F)(F)F. The summed E-state index contributed by atoms with van der Waals surface area (Å²) in [5, 5.41) is 0. The van der Waals surface area contributed by atoms with Crippen LogP contribution in [0.5, 0.6) is 0 Å². The predicted octanol–water partition coefficient (Wildman–Crippen LogP) is 3.19. The first kappa shape index (κ1) is 20.7.